The smallest absolute Gasteiger partial charge is 0.245 e. The van der Waals surface area contributed by atoms with Crippen molar-refractivity contribution in [3.63, 3.8) is 0 Å². The second-order valence-electron chi connectivity index (χ2n) is 4.55. The topological polar surface area (TPSA) is 49.4 Å². The maximum absolute atomic E-state index is 12.1. The Morgan fingerprint density at radius 2 is 2.06 bits per heavy atom. The van der Waals surface area contributed by atoms with Crippen LogP contribution in [0.15, 0.2) is 0 Å². The van der Waals surface area contributed by atoms with Gasteiger partial charge in [-0.25, -0.2) is 0 Å². The van der Waals surface area contributed by atoms with Gasteiger partial charge >= 0.3 is 0 Å². The number of nitrogens with zero attached hydrogens (tertiary/aromatic N) is 1. The van der Waals surface area contributed by atoms with Crippen molar-refractivity contribution in [2.45, 2.75) is 32.1 Å². The van der Waals surface area contributed by atoms with Crippen molar-refractivity contribution in [1.29, 1.82) is 0 Å². The van der Waals surface area contributed by atoms with Gasteiger partial charge in [-0.15, -0.1) is 0 Å². The van der Waals surface area contributed by atoms with Gasteiger partial charge in [0.15, 0.2) is 0 Å². The fourth-order valence-corrected chi connectivity index (χ4v) is 2.05. The van der Waals surface area contributed by atoms with E-state index in [2.05, 4.69) is 12.2 Å². The van der Waals surface area contributed by atoms with E-state index in [4.69, 9.17) is 0 Å². The molecular formula is C11H20N2O2S. The highest BCUT2D eigenvalue weighted by Gasteiger charge is 2.34. The third kappa shape index (κ3) is 3.14. The lowest BCUT2D eigenvalue weighted by molar-refractivity contribution is -0.145. The van der Waals surface area contributed by atoms with E-state index in [1.165, 1.54) is 0 Å². The summed E-state index contributed by atoms with van der Waals surface area (Å²) < 4.78 is 0. The van der Waals surface area contributed by atoms with Crippen LogP contribution in [0.2, 0.25) is 0 Å². The van der Waals surface area contributed by atoms with Gasteiger partial charge in [-0.05, 0) is 12.2 Å². The van der Waals surface area contributed by atoms with Crippen LogP contribution in [0, 0.1) is 5.92 Å². The predicted octanol–water partition coefficient (Wildman–Crippen LogP) is 0.721. The highest BCUT2D eigenvalue weighted by Crippen LogP contribution is 2.14. The molecule has 1 fully saturated rings. The summed E-state index contributed by atoms with van der Waals surface area (Å²) in [6.45, 7) is 6.81. The van der Waals surface area contributed by atoms with Crippen molar-refractivity contribution in [2.24, 2.45) is 5.92 Å². The van der Waals surface area contributed by atoms with Gasteiger partial charge in [0.2, 0.25) is 11.8 Å². The number of carbonyl (C=O) groups excluding carboxylic acids is 2. The molecule has 0 aromatic carbocycles. The number of hydrogen-bond donors (Lipinski definition) is 1. The summed E-state index contributed by atoms with van der Waals surface area (Å²) in [4.78, 5) is 25.2. The molecule has 0 aromatic heterocycles. The van der Waals surface area contributed by atoms with Gasteiger partial charge in [0, 0.05) is 11.8 Å². The second kappa shape index (κ2) is 5.57. The maximum atomic E-state index is 12.1. The molecular weight excluding hydrogens is 224 g/mol. The summed E-state index contributed by atoms with van der Waals surface area (Å²) in [5.41, 5.74) is 0. The number of carbonyl (C=O) groups is 2. The van der Waals surface area contributed by atoms with Gasteiger partial charge in [0.05, 0.1) is 6.54 Å². The van der Waals surface area contributed by atoms with Crippen molar-refractivity contribution in [3.8, 4) is 0 Å². The Hall–Kier alpha value is -0.710. The Kier molecular flexibility index (Phi) is 4.65. The molecule has 4 nitrogen and oxygen atoms in total. The molecule has 1 rings (SSSR count). The highest BCUT2D eigenvalue weighted by molar-refractivity contribution is 7.99. The highest BCUT2D eigenvalue weighted by atomic mass is 32.2. The molecule has 1 saturated heterocycles. The number of amides is 2. The molecule has 5 heteroatoms. The van der Waals surface area contributed by atoms with Crippen molar-refractivity contribution >= 4 is 23.6 Å². The third-order valence-corrected chi connectivity index (χ3v) is 3.73. The predicted molar refractivity (Wildman–Crippen MR) is 66.3 cm³/mol. The maximum Gasteiger partial charge on any atom is 0.245 e. The van der Waals surface area contributed by atoms with Crippen LogP contribution in [0.25, 0.3) is 0 Å². The van der Waals surface area contributed by atoms with Gasteiger partial charge in [0.25, 0.3) is 0 Å². The Bertz CT molecular complexity index is 281. The molecule has 2 amide bonds. The standard InChI is InChI=1S/C11H20N2O2S/c1-7(2)10-11(15)13(5-8(3)16-4)6-9(14)12-10/h7-8,10H,5-6H2,1-4H3,(H,12,14). The first-order valence-corrected chi connectivity index (χ1v) is 6.85. The first-order chi connectivity index (χ1) is 7.45. The van der Waals surface area contributed by atoms with Crippen LogP contribution in [-0.4, -0.2) is 47.4 Å². The minimum atomic E-state index is -0.352. The zero-order chi connectivity index (χ0) is 12.3. The lowest BCUT2D eigenvalue weighted by atomic mass is 10.0. The minimum absolute atomic E-state index is 0.0494. The number of piperazine rings is 1. The Morgan fingerprint density at radius 3 is 2.56 bits per heavy atom. The van der Waals surface area contributed by atoms with E-state index < -0.39 is 0 Å². The Labute approximate surface area is 101 Å². The number of hydrogen-bond acceptors (Lipinski definition) is 3. The van der Waals surface area contributed by atoms with Crippen LogP contribution in [0.4, 0.5) is 0 Å². The van der Waals surface area contributed by atoms with E-state index in [0.29, 0.717) is 11.8 Å². The number of rotatable bonds is 4. The normalized spacial score (nSPS) is 23.6. The van der Waals surface area contributed by atoms with Crippen LogP contribution < -0.4 is 5.32 Å². The summed E-state index contributed by atoms with van der Waals surface area (Å²) in [5, 5.41) is 3.11. The minimum Gasteiger partial charge on any atom is -0.343 e. The molecule has 0 bridgehead atoms. The Morgan fingerprint density at radius 1 is 1.44 bits per heavy atom. The quantitative estimate of drug-likeness (QED) is 0.793. The molecule has 1 N–H and O–H groups in total. The molecule has 0 aromatic rings. The zero-order valence-corrected chi connectivity index (χ0v) is 11.1. The average Bonchev–Trinajstić information content (AvgIpc) is 2.22. The molecule has 2 unspecified atom stereocenters. The molecule has 0 aliphatic carbocycles. The fourth-order valence-electron chi connectivity index (χ4n) is 1.72. The van der Waals surface area contributed by atoms with E-state index in [1.54, 1.807) is 16.7 Å². The molecule has 1 aliphatic heterocycles. The van der Waals surface area contributed by atoms with Gasteiger partial charge < -0.3 is 10.2 Å². The Balaban J connectivity index is 2.69. The molecule has 0 spiro atoms. The van der Waals surface area contributed by atoms with Gasteiger partial charge in [-0.1, -0.05) is 20.8 Å². The van der Waals surface area contributed by atoms with E-state index in [0.717, 1.165) is 0 Å². The molecule has 2 atom stereocenters. The summed E-state index contributed by atoms with van der Waals surface area (Å²) in [7, 11) is 0. The monoisotopic (exact) mass is 244 g/mol. The first kappa shape index (κ1) is 13.4. The van der Waals surface area contributed by atoms with E-state index in [1.807, 2.05) is 20.1 Å². The summed E-state index contributed by atoms with van der Waals surface area (Å²) in [5.74, 6) is 0.144. The zero-order valence-electron chi connectivity index (χ0n) is 10.3. The van der Waals surface area contributed by atoms with Crippen molar-refractivity contribution in [3.05, 3.63) is 0 Å². The third-order valence-electron chi connectivity index (χ3n) is 2.78. The van der Waals surface area contributed by atoms with Gasteiger partial charge in [-0.3, -0.25) is 9.59 Å². The number of nitrogens with one attached hydrogen (secondary N) is 1. The van der Waals surface area contributed by atoms with Crippen molar-refractivity contribution in [2.75, 3.05) is 19.3 Å². The van der Waals surface area contributed by atoms with Gasteiger partial charge in [-0.2, -0.15) is 11.8 Å². The lowest BCUT2D eigenvalue weighted by Gasteiger charge is -2.35. The largest absolute Gasteiger partial charge is 0.343 e. The van der Waals surface area contributed by atoms with Crippen LogP contribution in [-0.2, 0) is 9.59 Å². The van der Waals surface area contributed by atoms with Crippen LogP contribution in [0.3, 0.4) is 0 Å². The van der Waals surface area contributed by atoms with Crippen molar-refractivity contribution < 1.29 is 9.59 Å². The average molecular weight is 244 g/mol. The summed E-state index contributed by atoms with van der Waals surface area (Å²) in [6, 6.07) is -0.352. The van der Waals surface area contributed by atoms with E-state index >= 15 is 0 Å². The summed E-state index contributed by atoms with van der Waals surface area (Å²) >= 11 is 1.71. The van der Waals surface area contributed by atoms with Gasteiger partial charge in [0.1, 0.15) is 6.04 Å². The molecule has 0 saturated carbocycles. The SMILES string of the molecule is CSC(C)CN1CC(=O)NC(C(C)C)C1=O. The van der Waals surface area contributed by atoms with E-state index in [9.17, 15) is 9.59 Å². The molecule has 1 heterocycles. The summed E-state index contributed by atoms with van der Waals surface area (Å²) in [6.07, 6.45) is 2.01. The van der Waals surface area contributed by atoms with Crippen LogP contribution in [0.1, 0.15) is 20.8 Å². The molecule has 1 aliphatic rings. The first-order valence-electron chi connectivity index (χ1n) is 5.56. The molecule has 16 heavy (non-hydrogen) atoms. The van der Waals surface area contributed by atoms with E-state index in [-0.39, 0.29) is 30.3 Å². The second-order valence-corrected chi connectivity index (χ2v) is 5.83. The molecule has 92 valence electrons. The van der Waals surface area contributed by atoms with Crippen LogP contribution >= 0.6 is 11.8 Å². The fraction of sp³-hybridized carbons (Fsp3) is 0.818. The lowest BCUT2D eigenvalue weighted by Crippen LogP contribution is -2.60. The van der Waals surface area contributed by atoms with Crippen molar-refractivity contribution in [1.82, 2.24) is 10.2 Å². The number of thioether (sulfide) groups is 1. The molecule has 0 radical (unpaired) electrons. The van der Waals surface area contributed by atoms with Crippen LogP contribution in [0.5, 0.6) is 0 Å².